The van der Waals surface area contributed by atoms with Crippen molar-refractivity contribution in [1.82, 2.24) is 20.8 Å². The molecule has 1 aromatic carbocycles. The number of amides is 1. The average molecular weight is 274 g/mol. The Labute approximate surface area is 117 Å². The van der Waals surface area contributed by atoms with Gasteiger partial charge in [0.2, 0.25) is 5.89 Å². The first-order valence-electron chi connectivity index (χ1n) is 6.50. The fourth-order valence-electron chi connectivity index (χ4n) is 1.79. The van der Waals surface area contributed by atoms with Crippen LogP contribution in [0.1, 0.15) is 27.6 Å². The van der Waals surface area contributed by atoms with E-state index >= 15 is 0 Å². The zero-order valence-electron chi connectivity index (χ0n) is 11.6. The van der Waals surface area contributed by atoms with Gasteiger partial charge in [-0.05, 0) is 24.6 Å². The highest BCUT2D eigenvalue weighted by Gasteiger charge is 2.03. The summed E-state index contributed by atoms with van der Waals surface area (Å²) < 4.78 is 5.03. The first kappa shape index (κ1) is 14.2. The van der Waals surface area contributed by atoms with Crippen molar-refractivity contribution in [3.63, 3.8) is 0 Å². The molecule has 0 saturated heterocycles. The number of nitrogens with zero attached hydrogens (tertiary/aromatic N) is 2. The lowest BCUT2D eigenvalue weighted by atomic mass is 10.1. The van der Waals surface area contributed by atoms with Crippen LogP contribution in [0.25, 0.3) is 0 Å². The topological polar surface area (TPSA) is 80.0 Å². The van der Waals surface area contributed by atoms with Gasteiger partial charge in [0, 0.05) is 32.1 Å². The maximum absolute atomic E-state index is 11.4. The SMILES string of the molecule is CNC(=O)c1ccc(CNCCc2nc(C)no2)cc1. The minimum atomic E-state index is -0.0729. The van der Waals surface area contributed by atoms with Crippen LogP contribution in [0.15, 0.2) is 28.8 Å². The van der Waals surface area contributed by atoms with Crippen molar-refractivity contribution < 1.29 is 9.32 Å². The highest BCUT2D eigenvalue weighted by atomic mass is 16.5. The van der Waals surface area contributed by atoms with Gasteiger partial charge in [-0.2, -0.15) is 4.98 Å². The Kier molecular flexibility index (Phi) is 4.84. The normalized spacial score (nSPS) is 10.5. The summed E-state index contributed by atoms with van der Waals surface area (Å²) in [4.78, 5) is 15.5. The second-order valence-corrected chi connectivity index (χ2v) is 4.44. The van der Waals surface area contributed by atoms with Crippen LogP contribution in [0.5, 0.6) is 0 Å². The second kappa shape index (κ2) is 6.81. The third-order valence-corrected chi connectivity index (χ3v) is 2.86. The van der Waals surface area contributed by atoms with Gasteiger partial charge in [-0.3, -0.25) is 4.79 Å². The molecule has 20 heavy (non-hydrogen) atoms. The number of aryl methyl sites for hydroxylation is 1. The highest BCUT2D eigenvalue weighted by Crippen LogP contribution is 2.04. The number of rotatable bonds is 6. The van der Waals surface area contributed by atoms with Crippen LogP contribution < -0.4 is 10.6 Å². The van der Waals surface area contributed by atoms with Gasteiger partial charge in [0.05, 0.1) is 0 Å². The summed E-state index contributed by atoms with van der Waals surface area (Å²) in [6.07, 6.45) is 0.706. The third kappa shape index (κ3) is 3.89. The van der Waals surface area contributed by atoms with E-state index in [4.69, 9.17) is 4.52 Å². The van der Waals surface area contributed by atoms with Gasteiger partial charge in [0.15, 0.2) is 5.82 Å². The molecule has 0 radical (unpaired) electrons. The summed E-state index contributed by atoms with van der Waals surface area (Å²) in [7, 11) is 1.62. The highest BCUT2D eigenvalue weighted by molar-refractivity contribution is 5.93. The lowest BCUT2D eigenvalue weighted by Gasteiger charge is -2.04. The van der Waals surface area contributed by atoms with Crippen molar-refractivity contribution in [2.75, 3.05) is 13.6 Å². The third-order valence-electron chi connectivity index (χ3n) is 2.86. The summed E-state index contributed by atoms with van der Waals surface area (Å²) in [5.41, 5.74) is 1.79. The Hall–Kier alpha value is -2.21. The Bertz CT molecular complexity index is 563. The van der Waals surface area contributed by atoms with Crippen LogP contribution in [0.2, 0.25) is 0 Å². The van der Waals surface area contributed by atoms with Gasteiger partial charge in [-0.25, -0.2) is 0 Å². The Morgan fingerprint density at radius 2 is 2.05 bits per heavy atom. The molecule has 0 atom stereocenters. The summed E-state index contributed by atoms with van der Waals surface area (Å²) >= 11 is 0. The number of carbonyl (C=O) groups is 1. The lowest BCUT2D eigenvalue weighted by molar-refractivity contribution is 0.0963. The van der Waals surface area contributed by atoms with E-state index in [0.29, 0.717) is 23.7 Å². The van der Waals surface area contributed by atoms with E-state index in [2.05, 4.69) is 20.8 Å². The maximum atomic E-state index is 11.4. The Morgan fingerprint density at radius 3 is 2.65 bits per heavy atom. The van der Waals surface area contributed by atoms with E-state index in [1.54, 1.807) is 14.0 Å². The molecule has 1 amide bonds. The first-order chi connectivity index (χ1) is 9.69. The molecule has 0 bridgehead atoms. The van der Waals surface area contributed by atoms with Crippen molar-refractivity contribution in [3.8, 4) is 0 Å². The fourth-order valence-corrected chi connectivity index (χ4v) is 1.79. The van der Waals surface area contributed by atoms with Crippen LogP contribution in [0.4, 0.5) is 0 Å². The van der Waals surface area contributed by atoms with Gasteiger partial charge < -0.3 is 15.2 Å². The van der Waals surface area contributed by atoms with E-state index in [1.807, 2.05) is 24.3 Å². The summed E-state index contributed by atoms with van der Waals surface area (Å²) in [5, 5.41) is 9.63. The molecule has 0 fully saturated rings. The smallest absolute Gasteiger partial charge is 0.251 e. The van der Waals surface area contributed by atoms with Crippen LogP contribution in [0, 0.1) is 6.92 Å². The molecule has 2 aromatic rings. The molecule has 2 N–H and O–H groups in total. The molecule has 1 aromatic heterocycles. The lowest BCUT2D eigenvalue weighted by Crippen LogP contribution is -2.18. The fraction of sp³-hybridized carbons (Fsp3) is 0.357. The van der Waals surface area contributed by atoms with Gasteiger partial charge in [-0.1, -0.05) is 17.3 Å². The minimum Gasteiger partial charge on any atom is -0.355 e. The molecule has 6 nitrogen and oxygen atoms in total. The quantitative estimate of drug-likeness (QED) is 0.770. The van der Waals surface area contributed by atoms with Crippen molar-refractivity contribution >= 4 is 5.91 Å². The molecule has 1 heterocycles. The van der Waals surface area contributed by atoms with Gasteiger partial charge >= 0.3 is 0 Å². The molecular formula is C14H18N4O2. The number of carbonyl (C=O) groups excluding carboxylic acids is 1. The molecule has 0 aliphatic rings. The van der Waals surface area contributed by atoms with E-state index in [1.165, 1.54) is 0 Å². The van der Waals surface area contributed by atoms with Crippen molar-refractivity contribution in [3.05, 3.63) is 47.1 Å². The zero-order valence-corrected chi connectivity index (χ0v) is 11.6. The number of nitrogens with one attached hydrogen (secondary N) is 2. The monoisotopic (exact) mass is 274 g/mol. The summed E-state index contributed by atoms with van der Waals surface area (Å²) in [5.74, 6) is 1.23. The van der Waals surface area contributed by atoms with E-state index in [9.17, 15) is 4.79 Å². The van der Waals surface area contributed by atoms with Gasteiger partial charge in [0.1, 0.15) is 0 Å². The standard InChI is InChI=1S/C14H18N4O2/c1-10-17-13(20-18-10)7-8-16-9-11-3-5-12(6-4-11)14(19)15-2/h3-6,16H,7-9H2,1-2H3,(H,15,19). The molecule has 106 valence electrons. The largest absolute Gasteiger partial charge is 0.355 e. The van der Waals surface area contributed by atoms with Crippen molar-refractivity contribution in [2.24, 2.45) is 0 Å². The van der Waals surface area contributed by atoms with Crippen molar-refractivity contribution in [2.45, 2.75) is 19.9 Å². The van der Waals surface area contributed by atoms with Crippen LogP contribution >= 0.6 is 0 Å². The zero-order chi connectivity index (χ0) is 14.4. The number of hydrogen-bond donors (Lipinski definition) is 2. The Morgan fingerprint density at radius 1 is 1.30 bits per heavy atom. The minimum absolute atomic E-state index is 0.0729. The van der Waals surface area contributed by atoms with Crippen LogP contribution in [-0.2, 0) is 13.0 Å². The van der Waals surface area contributed by atoms with Crippen LogP contribution in [0.3, 0.4) is 0 Å². The molecule has 0 unspecified atom stereocenters. The Balaban J connectivity index is 1.75. The summed E-state index contributed by atoms with van der Waals surface area (Å²) in [6.45, 7) is 3.30. The molecule has 6 heteroatoms. The van der Waals surface area contributed by atoms with Gasteiger partial charge in [0.25, 0.3) is 5.91 Å². The molecule has 0 aliphatic heterocycles. The van der Waals surface area contributed by atoms with E-state index in [-0.39, 0.29) is 5.91 Å². The van der Waals surface area contributed by atoms with Crippen molar-refractivity contribution in [1.29, 1.82) is 0 Å². The molecular weight excluding hydrogens is 256 g/mol. The van der Waals surface area contributed by atoms with Gasteiger partial charge in [-0.15, -0.1) is 0 Å². The molecule has 0 saturated carbocycles. The number of hydrogen-bond acceptors (Lipinski definition) is 5. The number of benzene rings is 1. The maximum Gasteiger partial charge on any atom is 0.251 e. The van der Waals surface area contributed by atoms with E-state index in [0.717, 1.165) is 18.7 Å². The summed E-state index contributed by atoms with van der Waals surface area (Å²) in [6, 6.07) is 7.51. The predicted octanol–water partition coefficient (Wildman–Crippen LogP) is 1.07. The second-order valence-electron chi connectivity index (χ2n) is 4.44. The predicted molar refractivity (Wildman–Crippen MR) is 74.3 cm³/mol. The molecule has 2 rings (SSSR count). The average Bonchev–Trinajstić information content (AvgIpc) is 2.89. The van der Waals surface area contributed by atoms with Crippen LogP contribution in [-0.4, -0.2) is 29.6 Å². The first-order valence-corrected chi connectivity index (χ1v) is 6.50. The van der Waals surface area contributed by atoms with E-state index < -0.39 is 0 Å². The number of aromatic nitrogens is 2. The molecule has 0 aliphatic carbocycles. The molecule has 0 spiro atoms.